The number of benzene rings is 4. The van der Waals surface area contributed by atoms with Gasteiger partial charge in [-0.1, -0.05) is 61.5 Å². The molecule has 0 amide bonds. The Bertz CT molecular complexity index is 1540. The van der Waals surface area contributed by atoms with E-state index >= 15 is 0 Å². The first-order chi connectivity index (χ1) is 17.0. The Kier molecular flexibility index (Phi) is 6.47. The Balaban J connectivity index is 1.52. The molecule has 5 rings (SSSR count). The van der Waals surface area contributed by atoms with Gasteiger partial charge >= 0.3 is 0 Å². The number of fused-ring (bicyclic) bond motifs is 2. The molecule has 176 valence electrons. The molecule has 3 nitrogen and oxygen atoms in total. The van der Waals surface area contributed by atoms with Crippen LogP contribution in [0.15, 0.2) is 95.8 Å². The van der Waals surface area contributed by atoms with Crippen molar-refractivity contribution in [2.45, 2.75) is 39.4 Å². The highest BCUT2D eigenvalue weighted by Gasteiger charge is 2.19. The van der Waals surface area contributed by atoms with Crippen molar-refractivity contribution < 1.29 is 4.39 Å². The number of rotatable bonds is 7. The highest BCUT2D eigenvalue weighted by atomic mass is 19.1. The number of halogens is 1. The van der Waals surface area contributed by atoms with Crippen molar-refractivity contribution in [3.63, 3.8) is 0 Å². The van der Waals surface area contributed by atoms with Crippen LogP contribution in [0.4, 0.5) is 4.39 Å². The fraction of sp³-hybridized carbons (Fsp3) is 0.194. The van der Waals surface area contributed by atoms with Gasteiger partial charge in [-0.15, -0.1) is 0 Å². The molecule has 0 fully saturated rings. The molecule has 5 aromatic rings. The molecule has 4 heteroatoms. The number of pyridine rings is 1. The zero-order valence-corrected chi connectivity index (χ0v) is 20.1. The van der Waals surface area contributed by atoms with Crippen LogP contribution >= 0.6 is 0 Å². The van der Waals surface area contributed by atoms with Gasteiger partial charge in [-0.2, -0.15) is 0 Å². The molecule has 1 heterocycles. The molecule has 4 aromatic carbocycles. The van der Waals surface area contributed by atoms with Gasteiger partial charge in [0.1, 0.15) is 5.82 Å². The lowest BCUT2D eigenvalue weighted by atomic mass is 10.0. The van der Waals surface area contributed by atoms with Crippen LogP contribution in [0.2, 0.25) is 0 Å². The lowest BCUT2D eigenvalue weighted by molar-refractivity contribution is 0.191. The summed E-state index contributed by atoms with van der Waals surface area (Å²) >= 11 is 0. The third-order valence-corrected chi connectivity index (χ3v) is 6.87. The van der Waals surface area contributed by atoms with Crippen molar-refractivity contribution in [2.24, 2.45) is 0 Å². The van der Waals surface area contributed by atoms with E-state index in [1.165, 1.54) is 34.0 Å². The summed E-state index contributed by atoms with van der Waals surface area (Å²) in [6.07, 6.45) is 0.945. The van der Waals surface area contributed by atoms with Gasteiger partial charge in [0.25, 0.3) is 5.56 Å². The summed E-state index contributed by atoms with van der Waals surface area (Å²) in [5, 5.41) is 3.43. The van der Waals surface area contributed by atoms with Crippen LogP contribution in [0.3, 0.4) is 0 Å². The predicted molar refractivity (Wildman–Crippen MR) is 142 cm³/mol. The highest BCUT2D eigenvalue weighted by molar-refractivity contribution is 5.83. The first-order valence-corrected chi connectivity index (χ1v) is 12.1. The molecule has 1 unspecified atom stereocenters. The maximum absolute atomic E-state index is 13.6. The average Bonchev–Trinajstić information content (AvgIpc) is 2.88. The highest BCUT2D eigenvalue weighted by Crippen LogP contribution is 2.26. The van der Waals surface area contributed by atoms with E-state index in [4.69, 9.17) is 0 Å². The van der Waals surface area contributed by atoms with Crippen molar-refractivity contribution in [1.29, 1.82) is 0 Å². The van der Waals surface area contributed by atoms with Crippen molar-refractivity contribution in [2.75, 3.05) is 0 Å². The molecular weight excluding hydrogens is 435 g/mol. The van der Waals surface area contributed by atoms with Crippen LogP contribution < -0.4 is 5.56 Å². The maximum Gasteiger partial charge on any atom is 0.252 e. The van der Waals surface area contributed by atoms with E-state index in [1.807, 2.05) is 36.4 Å². The van der Waals surface area contributed by atoms with E-state index in [2.05, 4.69) is 66.2 Å². The van der Waals surface area contributed by atoms with E-state index in [-0.39, 0.29) is 17.4 Å². The number of nitrogens with one attached hydrogen (secondary N) is 1. The number of hydrogen-bond donors (Lipinski definition) is 1. The number of hydrogen-bond acceptors (Lipinski definition) is 2. The third-order valence-electron chi connectivity index (χ3n) is 6.87. The summed E-state index contributed by atoms with van der Waals surface area (Å²) < 4.78 is 13.6. The van der Waals surface area contributed by atoms with Crippen LogP contribution in [-0.2, 0) is 19.5 Å². The van der Waals surface area contributed by atoms with Gasteiger partial charge in [-0.25, -0.2) is 4.39 Å². The van der Waals surface area contributed by atoms with Crippen molar-refractivity contribution in [1.82, 2.24) is 9.88 Å². The van der Waals surface area contributed by atoms with E-state index in [1.54, 1.807) is 0 Å². The Morgan fingerprint density at radius 3 is 2.29 bits per heavy atom. The van der Waals surface area contributed by atoms with Gasteiger partial charge in [-0.3, -0.25) is 9.69 Å². The minimum absolute atomic E-state index is 0.0147. The molecule has 35 heavy (non-hydrogen) atoms. The average molecular weight is 465 g/mol. The first kappa shape index (κ1) is 23.0. The standard InChI is InChI=1S/C31H29FN2O/c1-3-22-9-15-30-27(16-22)18-28(31(35)33-30)20-34(21(2)24-11-13-29(32)14-12-24)19-23-8-10-25-6-4-5-7-26(25)17-23/h4-18,21H,3,19-20H2,1-2H3,(H,33,35). The second-order valence-corrected chi connectivity index (χ2v) is 9.21. The molecule has 0 aliphatic rings. The molecular formula is C31H29FN2O. The topological polar surface area (TPSA) is 36.1 Å². The lowest BCUT2D eigenvalue weighted by Crippen LogP contribution is -2.29. The number of H-pyrrole nitrogens is 1. The Hall–Kier alpha value is -3.76. The number of aromatic nitrogens is 1. The Morgan fingerprint density at radius 2 is 1.51 bits per heavy atom. The van der Waals surface area contributed by atoms with Crippen molar-refractivity contribution in [3.05, 3.63) is 129 Å². The summed E-state index contributed by atoms with van der Waals surface area (Å²) in [7, 11) is 0. The second-order valence-electron chi connectivity index (χ2n) is 9.21. The summed E-state index contributed by atoms with van der Waals surface area (Å²) in [6.45, 7) is 5.38. The molecule has 1 N–H and O–H groups in total. The zero-order chi connectivity index (χ0) is 24.4. The van der Waals surface area contributed by atoms with Gasteiger partial charge in [0, 0.05) is 30.2 Å². The Labute approximate surface area is 204 Å². The molecule has 0 aliphatic heterocycles. The van der Waals surface area contributed by atoms with E-state index in [0.717, 1.165) is 28.5 Å². The fourth-order valence-electron chi connectivity index (χ4n) is 4.71. The van der Waals surface area contributed by atoms with Crippen LogP contribution in [0.25, 0.3) is 21.7 Å². The quantitative estimate of drug-likeness (QED) is 0.278. The number of nitrogens with zero attached hydrogens (tertiary/aromatic N) is 1. The normalized spacial score (nSPS) is 12.5. The summed E-state index contributed by atoms with van der Waals surface area (Å²) in [4.78, 5) is 18.4. The molecule has 1 aromatic heterocycles. The monoisotopic (exact) mass is 464 g/mol. The van der Waals surface area contributed by atoms with E-state index in [9.17, 15) is 9.18 Å². The number of aromatic amines is 1. The van der Waals surface area contributed by atoms with Crippen LogP contribution in [0.5, 0.6) is 0 Å². The fourth-order valence-corrected chi connectivity index (χ4v) is 4.71. The maximum atomic E-state index is 13.6. The molecule has 0 saturated carbocycles. The zero-order valence-electron chi connectivity index (χ0n) is 20.1. The van der Waals surface area contributed by atoms with Crippen LogP contribution in [0.1, 0.15) is 42.1 Å². The summed E-state index contributed by atoms with van der Waals surface area (Å²) in [6, 6.07) is 29.6. The van der Waals surface area contributed by atoms with Crippen molar-refractivity contribution >= 4 is 21.7 Å². The van der Waals surface area contributed by atoms with Crippen LogP contribution in [0, 0.1) is 5.82 Å². The molecule has 0 spiro atoms. The minimum Gasteiger partial charge on any atom is -0.322 e. The minimum atomic E-state index is -0.250. The summed E-state index contributed by atoms with van der Waals surface area (Å²) in [5.41, 5.74) is 4.92. The first-order valence-electron chi connectivity index (χ1n) is 12.1. The van der Waals surface area contributed by atoms with Gasteiger partial charge in [0.15, 0.2) is 0 Å². The van der Waals surface area contributed by atoms with Gasteiger partial charge in [0.2, 0.25) is 0 Å². The smallest absolute Gasteiger partial charge is 0.252 e. The largest absolute Gasteiger partial charge is 0.322 e. The van der Waals surface area contributed by atoms with Crippen molar-refractivity contribution in [3.8, 4) is 0 Å². The van der Waals surface area contributed by atoms with Crippen LogP contribution in [-0.4, -0.2) is 9.88 Å². The molecule has 1 atom stereocenters. The van der Waals surface area contributed by atoms with E-state index < -0.39 is 0 Å². The SMILES string of the molecule is CCc1ccc2[nH]c(=O)c(CN(Cc3ccc4ccccc4c3)C(C)c3ccc(F)cc3)cc2c1. The lowest BCUT2D eigenvalue weighted by Gasteiger charge is -2.30. The third kappa shape index (κ3) is 5.03. The van der Waals surface area contributed by atoms with Gasteiger partial charge in [0.05, 0.1) is 0 Å². The number of aryl methyl sites for hydroxylation is 1. The molecule has 0 radical (unpaired) electrons. The second kappa shape index (κ2) is 9.85. The molecule has 0 bridgehead atoms. The Morgan fingerprint density at radius 1 is 0.800 bits per heavy atom. The van der Waals surface area contributed by atoms with E-state index in [0.29, 0.717) is 13.1 Å². The summed E-state index contributed by atoms with van der Waals surface area (Å²) in [5.74, 6) is -0.250. The van der Waals surface area contributed by atoms with Gasteiger partial charge in [-0.05, 0) is 82.6 Å². The molecule has 0 saturated heterocycles. The van der Waals surface area contributed by atoms with Gasteiger partial charge < -0.3 is 4.98 Å². The predicted octanol–water partition coefficient (Wildman–Crippen LogP) is 7.15. The molecule has 0 aliphatic carbocycles.